The number of nitrogens with one attached hydrogen (secondary N) is 2. The van der Waals surface area contributed by atoms with E-state index in [1.54, 1.807) is 24.3 Å². The maximum absolute atomic E-state index is 13.5. The van der Waals surface area contributed by atoms with Crippen molar-refractivity contribution in [3.05, 3.63) is 58.9 Å². The van der Waals surface area contributed by atoms with Gasteiger partial charge in [0.05, 0.1) is 0 Å². The Bertz CT molecular complexity index is 698. The van der Waals surface area contributed by atoms with Crippen LogP contribution < -0.4 is 15.4 Å². The molecule has 0 fully saturated rings. The van der Waals surface area contributed by atoms with Crippen molar-refractivity contribution in [1.29, 1.82) is 0 Å². The number of halogens is 4. The first-order chi connectivity index (χ1) is 11.0. The molecule has 2 rings (SSSR count). The molecule has 0 saturated heterocycles. The molecule has 8 heteroatoms. The Morgan fingerprint density at radius 2 is 1.96 bits per heavy atom. The van der Waals surface area contributed by atoms with Crippen LogP contribution in [-0.4, -0.2) is 12.6 Å². The predicted octanol–water partition coefficient (Wildman–Crippen LogP) is 4.40. The molecule has 0 spiro atoms. The van der Waals surface area contributed by atoms with E-state index in [1.165, 1.54) is 6.07 Å². The minimum atomic E-state index is -3.12. The minimum Gasteiger partial charge on any atom is -0.432 e. The summed E-state index contributed by atoms with van der Waals surface area (Å²) in [5.74, 6) is -1.60. The maximum Gasteiger partial charge on any atom is 0.387 e. The van der Waals surface area contributed by atoms with Crippen molar-refractivity contribution in [2.45, 2.75) is 13.2 Å². The number of anilines is 1. The fraction of sp³-hybridized carbons (Fsp3) is 0.133. The normalized spacial score (nSPS) is 10.5. The summed E-state index contributed by atoms with van der Waals surface area (Å²) in [5, 5.41) is 5.43. The monoisotopic (exact) mass is 344 g/mol. The van der Waals surface area contributed by atoms with Crippen molar-refractivity contribution in [2.75, 3.05) is 5.32 Å². The third-order valence-electron chi connectivity index (χ3n) is 2.80. The van der Waals surface area contributed by atoms with E-state index < -0.39 is 24.2 Å². The smallest absolute Gasteiger partial charge is 0.387 e. The highest BCUT2D eigenvalue weighted by Gasteiger charge is 2.11. The number of carbonyl (C=O) groups is 1. The lowest BCUT2D eigenvalue weighted by molar-refractivity contribution is -0.0521. The lowest BCUT2D eigenvalue weighted by atomic mass is 10.2. The molecule has 2 N–H and O–H groups in total. The summed E-state index contributed by atoms with van der Waals surface area (Å²) in [6, 6.07) is 9.52. The number of ether oxygens (including phenoxy) is 1. The van der Waals surface area contributed by atoms with Crippen LogP contribution in [-0.2, 0) is 6.54 Å². The summed E-state index contributed by atoms with van der Waals surface area (Å²) in [4.78, 5) is 11.7. The standard InChI is InChI=1S/C15H12ClF3N2O2/c16-11-4-2-1-3-9(11)8-20-15(22)21-10-5-6-13(12(17)7-10)23-14(18)19/h1-7,14H,8H2,(H2,20,21,22). The van der Waals surface area contributed by atoms with Crippen LogP contribution in [0.5, 0.6) is 5.75 Å². The fourth-order valence-electron chi connectivity index (χ4n) is 1.76. The van der Waals surface area contributed by atoms with Gasteiger partial charge in [0.1, 0.15) is 0 Å². The quantitative estimate of drug-likeness (QED) is 0.844. The van der Waals surface area contributed by atoms with E-state index in [0.29, 0.717) is 5.02 Å². The van der Waals surface area contributed by atoms with E-state index in [1.807, 2.05) is 0 Å². The molecule has 0 unspecified atom stereocenters. The van der Waals surface area contributed by atoms with Gasteiger partial charge in [0, 0.05) is 23.3 Å². The second-order valence-corrected chi connectivity index (χ2v) is 4.83. The molecular weight excluding hydrogens is 333 g/mol. The van der Waals surface area contributed by atoms with Gasteiger partial charge in [-0.15, -0.1) is 0 Å². The van der Waals surface area contributed by atoms with Gasteiger partial charge in [-0.25, -0.2) is 9.18 Å². The largest absolute Gasteiger partial charge is 0.432 e. The summed E-state index contributed by atoms with van der Waals surface area (Å²) in [5.41, 5.74) is 0.817. The van der Waals surface area contributed by atoms with Gasteiger partial charge < -0.3 is 15.4 Å². The molecule has 0 radical (unpaired) electrons. The number of alkyl halides is 2. The summed E-state index contributed by atoms with van der Waals surface area (Å²) in [6.07, 6.45) is 0. The van der Waals surface area contributed by atoms with E-state index in [9.17, 15) is 18.0 Å². The third-order valence-corrected chi connectivity index (χ3v) is 3.17. The summed E-state index contributed by atoms with van der Waals surface area (Å²) < 4.78 is 41.5. The molecule has 0 saturated carbocycles. The first kappa shape index (κ1) is 17.0. The SMILES string of the molecule is O=C(NCc1ccccc1Cl)Nc1ccc(OC(F)F)c(F)c1. The highest BCUT2D eigenvalue weighted by Crippen LogP contribution is 2.22. The molecule has 0 aliphatic carbocycles. The Morgan fingerprint density at radius 3 is 2.61 bits per heavy atom. The number of amides is 2. The molecule has 0 aliphatic heterocycles. The van der Waals surface area contributed by atoms with Crippen LogP contribution in [0, 0.1) is 5.82 Å². The number of hydrogen-bond donors (Lipinski definition) is 2. The van der Waals surface area contributed by atoms with Gasteiger partial charge in [-0.05, 0) is 23.8 Å². The molecule has 0 heterocycles. The van der Waals surface area contributed by atoms with Gasteiger partial charge >= 0.3 is 12.6 Å². The van der Waals surface area contributed by atoms with Crippen LogP contribution in [0.15, 0.2) is 42.5 Å². The molecule has 2 aromatic carbocycles. The summed E-state index contributed by atoms with van der Waals surface area (Å²) in [7, 11) is 0. The molecule has 0 aliphatic rings. The van der Waals surface area contributed by atoms with E-state index in [-0.39, 0.29) is 12.2 Å². The molecule has 122 valence electrons. The minimum absolute atomic E-state index is 0.0979. The third kappa shape index (κ3) is 5.07. The first-order valence-electron chi connectivity index (χ1n) is 6.48. The molecule has 0 bridgehead atoms. The molecule has 23 heavy (non-hydrogen) atoms. The number of urea groups is 1. The van der Waals surface area contributed by atoms with Gasteiger partial charge in [-0.2, -0.15) is 8.78 Å². The Hall–Kier alpha value is -2.41. The number of benzene rings is 2. The molecule has 0 aromatic heterocycles. The predicted molar refractivity (Wildman–Crippen MR) is 80.3 cm³/mol. The topological polar surface area (TPSA) is 50.4 Å². The number of carbonyl (C=O) groups excluding carboxylic acids is 1. The van der Waals surface area contributed by atoms with Crippen molar-refractivity contribution >= 4 is 23.3 Å². The molecule has 2 amide bonds. The van der Waals surface area contributed by atoms with Crippen LogP contribution in [0.25, 0.3) is 0 Å². The Labute approximate surface area is 135 Å². The maximum atomic E-state index is 13.5. The molecular formula is C15H12ClF3N2O2. The van der Waals surface area contributed by atoms with Crippen LogP contribution in [0.2, 0.25) is 5.02 Å². The van der Waals surface area contributed by atoms with Gasteiger partial charge in [0.15, 0.2) is 11.6 Å². The van der Waals surface area contributed by atoms with Gasteiger partial charge in [-0.1, -0.05) is 29.8 Å². The number of hydrogen-bond acceptors (Lipinski definition) is 2. The van der Waals surface area contributed by atoms with E-state index in [0.717, 1.165) is 17.7 Å². The zero-order valence-electron chi connectivity index (χ0n) is 11.7. The van der Waals surface area contributed by atoms with Gasteiger partial charge in [-0.3, -0.25) is 0 Å². The Kier molecular flexibility index (Phi) is 5.70. The lowest BCUT2D eigenvalue weighted by Crippen LogP contribution is -2.28. The van der Waals surface area contributed by atoms with Crippen molar-refractivity contribution in [1.82, 2.24) is 5.32 Å². The second kappa shape index (κ2) is 7.73. The Balaban J connectivity index is 1.93. The van der Waals surface area contributed by atoms with Crippen molar-refractivity contribution < 1.29 is 22.7 Å². The van der Waals surface area contributed by atoms with Crippen molar-refractivity contribution in [2.24, 2.45) is 0 Å². The molecule has 2 aromatic rings. The van der Waals surface area contributed by atoms with E-state index >= 15 is 0 Å². The van der Waals surface area contributed by atoms with Gasteiger partial charge in [0.25, 0.3) is 0 Å². The van der Waals surface area contributed by atoms with Gasteiger partial charge in [0.2, 0.25) is 0 Å². The van der Waals surface area contributed by atoms with Crippen LogP contribution in [0.4, 0.5) is 23.7 Å². The van der Waals surface area contributed by atoms with Crippen molar-refractivity contribution in [3.63, 3.8) is 0 Å². The zero-order valence-corrected chi connectivity index (χ0v) is 12.4. The summed E-state index contributed by atoms with van der Waals surface area (Å²) in [6.45, 7) is -2.94. The van der Waals surface area contributed by atoms with Crippen molar-refractivity contribution in [3.8, 4) is 5.75 Å². The first-order valence-corrected chi connectivity index (χ1v) is 6.86. The Morgan fingerprint density at radius 1 is 1.22 bits per heavy atom. The van der Waals surface area contributed by atoms with Crippen LogP contribution in [0.1, 0.15) is 5.56 Å². The zero-order chi connectivity index (χ0) is 16.8. The fourth-order valence-corrected chi connectivity index (χ4v) is 1.97. The lowest BCUT2D eigenvalue weighted by Gasteiger charge is -2.10. The summed E-state index contributed by atoms with van der Waals surface area (Å²) >= 11 is 5.95. The second-order valence-electron chi connectivity index (χ2n) is 4.42. The highest BCUT2D eigenvalue weighted by atomic mass is 35.5. The van der Waals surface area contributed by atoms with E-state index in [4.69, 9.17) is 11.6 Å². The van der Waals surface area contributed by atoms with E-state index in [2.05, 4.69) is 15.4 Å². The average Bonchev–Trinajstić information content (AvgIpc) is 2.49. The molecule has 4 nitrogen and oxygen atoms in total. The van der Waals surface area contributed by atoms with Crippen LogP contribution in [0.3, 0.4) is 0 Å². The number of rotatable bonds is 5. The highest BCUT2D eigenvalue weighted by molar-refractivity contribution is 6.31. The average molecular weight is 345 g/mol. The molecule has 0 atom stereocenters. The van der Waals surface area contributed by atoms with Crippen LogP contribution >= 0.6 is 11.6 Å².